The molecule has 1 N–H and O–H groups in total. The Morgan fingerprint density at radius 2 is 1.75 bits per heavy atom. The first kappa shape index (κ1) is 18.8. The first-order chi connectivity index (χ1) is 13.6. The van der Waals surface area contributed by atoms with E-state index in [2.05, 4.69) is 5.32 Å². The summed E-state index contributed by atoms with van der Waals surface area (Å²) in [6, 6.07) is 13.7. The summed E-state index contributed by atoms with van der Waals surface area (Å²) in [6.07, 6.45) is 6.42. The van der Waals surface area contributed by atoms with Crippen molar-refractivity contribution in [3.05, 3.63) is 64.1 Å². The molecule has 1 fully saturated rings. The van der Waals surface area contributed by atoms with Gasteiger partial charge in [-0.15, -0.1) is 0 Å². The lowest BCUT2D eigenvalue weighted by Gasteiger charge is -2.23. The van der Waals surface area contributed by atoms with Crippen molar-refractivity contribution < 1.29 is 9.59 Å². The van der Waals surface area contributed by atoms with Crippen LogP contribution in [0, 0.1) is 6.92 Å². The lowest BCUT2D eigenvalue weighted by molar-refractivity contribution is -0.112. The largest absolute Gasteiger partial charge is 0.339 e. The van der Waals surface area contributed by atoms with Crippen molar-refractivity contribution in [2.75, 3.05) is 18.4 Å². The highest BCUT2D eigenvalue weighted by atomic mass is 32.2. The Labute approximate surface area is 170 Å². The number of carbonyl (C=O) groups excluding carboxylic acids is 2. The molecule has 0 atom stereocenters. The molecular formula is C23H24N2O2S. The molecule has 1 saturated heterocycles. The molecule has 0 unspecified atom stereocenters. The number of hydrogen-bond acceptors (Lipinski definition) is 3. The maximum Gasteiger partial charge on any atom is 0.262 e. The second kappa shape index (κ2) is 8.23. The molecule has 5 heteroatoms. The van der Waals surface area contributed by atoms with Gasteiger partial charge in [0.1, 0.15) is 0 Å². The van der Waals surface area contributed by atoms with E-state index in [1.165, 1.54) is 30.2 Å². The zero-order valence-corrected chi connectivity index (χ0v) is 16.8. The van der Waals surface area contributed by atoms with E-state index in [0.29, 0.717) is 10.5 Å². The van der Waals surface area contributed by atoms with Gasteiger partial charge in [-0.05, 0) is 49.6 Å². The minimum absolute atomic E-state index is 0.0601. The van der Waals surface area contributed by atoms with Crippen LogP contribution < -0.4 is 5.32 Å². The van der Waals surface area contributed by atoms with Crippen LogP contribution in [0.15, 0.2) is 52.3 Å². The normalized spacial score (nSPS) is 18.4. The van der Waals surface area contributed by atoms with Crippen LogP contribution in [0.3, 0.4) is 0 Å². The number of aryl methyl sites for hydroxylation is 1. The zero-order chi connectivity index (χ0) is 19.5. The number of fused-ring (bicyclic) bond motifs is 1. The Bertz CT molecular complexity index is 926. The van der Waals surface area contributed by atoms with Crippen LogP contribution >= 0.6 is 11.8 Å². The number of amides is 2. The highest BCUT2D eigenvalue weighted by Gasteiger charge is 2.24. The van der Waals surface area contributed by atoms with Crippen LogP contribution in [-0.4, -0.2) is 29.8 Å². The Morgan fingerprint density at radius 3 is 2.46 bits per heavy atom. The van der Waals surface area contributed by atoms with Crippen molar-refractivity contribution in [2.24, 2.45) is 0 Å². The van der Waals surface area contributed by atoms with Gasteiger partial charge in [-0.25, -0.2) is 0 Å². The predicted molar refractivity (Wildman–Crippen MR) is 114 cm³/mol. The second-order valence-corrected chi connectivity index (χ2v) is 8.48. The molecule has 28 heavy (non-hydrogen) atoms. The third-order valence-corrected chi connectivity index (χ3v) is 6.29. The minimum Gasteiger partial charge on any atom is -0.339 e. The molecule has 2 heterocycles. The number of benzene rings is 2. The van der Waals surface area contributed by atoms with Crippen molar-refractivity contribution >= 4 is 35.3 Å². The molecule has 2 amide bonds. The third kappa shape index (κ3) is 4.14. The number of hydrogen-bond donors (Lipinski definition) is 1. The number of anilines is 1. The number of thioether (sulfide) groups is 1. The summed E-state index contributed by atoms with van der Waals surface area (Å²) in [7, 11) is 0. The molecule has 2 aromatic rings. The van der Waals surface area contributed by atoms with Gasteiger partial charge < -0.3 is 10.2 Å². The summed E-state index contributed by atoms with van der Waals surface area (Å²) in [5.74, 6) is -0.0672. The van der Waals surface area contributed by atoms with Crippen LogP contribution in [0.5, 0.6) is 0 Å². The minimum atomic E-state index is -0.127. The summed E-state index contributed by atoms with van der Waals surface area (Å²) in [4.78, 5) is 29.0. The Hall–Kier alpha value is -2.53. The predicted octanol–water partition coefficient (Wildman–Crippen LogP) is 5.10. The third-order valence-electron chi connectivity index (χ3n) is 5.19. The lowest BCUT2D eigenvalue weighted by Crippen LogP contribution is -2.32. The van der Waals surface area contributed by atoms with Crippen LogP contribution in [0.2, 0.25) is 0 Å². The molecule has 0 spiro atoms. The van der Waals surface area contributed by atoms with E-state index >= 15 is 0 Å². The molecule has 0 saturated carbocycles. The summed E-state index contributed by atoms with van der Waals surface area (Å²) >= 11 is 1.45. The van der Waals surface area contributed by atoms with E-state index < -0.39 is 0 Å². The molecule has 2 aromatic carbocycles. The van der Waals surface area contributed by atoms with Gasteiger partial charge in [0.05, 0.1) is 10.6 Å². The molecule has 2 aliphatic rings. The van der Waals surface area contributed by atoms with Gasteiger partial charge in [0.15, 0.2) is 0 Å². The van der Waals surface area contributed by atoms with Gasteiger partial charge in [0, 0.05) is 23.5 Å². The molecule has 0 aliphatic carbocycles. The Kier molecular flexibility index (Phi) is 5.53. The van der Waals surface area contributed by atoms with Gasteiger partial charge in [-0.3, -0.25) is 9.59 Å². The Balaban J connectivity index is 1.54. The average molecular weight is 393 g/mol. The van der Waals surface area contributed by atoms with Gasteiger partial charge in [0.2, 0.25) is 0 Å². The van der Waals surface area contributed by atoms with E-state index in [1.807, 2.05) is 60.4 Å². The maximum absolute atomic E-state index is 12.8. The monoisotopic (exact) mass is 392 g/mol. The fourth-order valence-corrected chi connectivity index (χ4v) is 4.50. The zero-order valence-electron chi connectivity index (χ0n) is 16.0. The maximum atomic E-state index is 12.8. The van der Waals surface area contributed by atoms with Crippen LogP contribution in [0.25, 0.3) is 6.08 Å². The van der Waals surface area contributed by atoms with Crippen LogP contribution in [0.1, 0.15) is 47.2 Å². The summed E-state index contributed by atoms with van der Waals surface area (Å²) in [5.41, 5.74) is 3.55. The van der Waals surface area contributed by atoms with Gasteiger partial charge in [-0.1, -0.05) is 54.4 Å². The topological polar surface area (TPSA) is 49.4 Å². The van der Waals surface area contributed by atoms with E-state index in [0.717, 1.165) is 42.1 Å². The Morgan fingerprint density at radius 1 is 1.04 bits per heavy atom. The number of rotatable bonds is 2. The summed E-state index contributed by atoms with van der Waals surface area (Å²) in [6.45, 7) is 3.68. The second-order valence-electron chi connectivity index (χ2n) is 7.39. The first-order valence-electron chi connectivity index (χ1n) is 9.81. The highest BCUT2D eigenvalue weighted by Crippen LogP contribution is 2.39. The molecule has 0 radical (unpaired) electrons. The summed E-state index contributed by atoms with van der Waals surface area (Å²) in [5, 5.41) is 2.95. The number of carbonyl (C=O) groups is 2. The molecule has 0 aromatic heterocycles. The molecule has 4 rings (SSSR count). The van der Waals surface area contributed by atoms with E-state index in [-0.39, 0.29) is 11.8 Å². The molecule has 2 aliphatic heterocycles. The molecule has 0 bridgehead atoms. The highest BCUT2D eigenvalue weighted by molar-refractivity contribution is 8.04. The smallest absolute Gasteiger partial charge is 0.262 e. The van der Waals surface area contributed by atoms with Gasteiger partial charge >= 0.3 is 0 Å². The summed E-state index contributed by atoms with van der Waals surface area (Å²) < 4.78 is 0. The quantitative estimate of drug-likeness (QED) is 0.724. The SMILES string of the molecule is Cc1ccc(/C=C2/Sc3ccc(C(=O)N4CCCCCC4)cc3NC2=O)cc1. The average Bonchev–Trinajstić information content (AvgIpc) is 2.99. The van der Waals surface area contributed by atoms with Gasteiger partial charge in [0.25, 0.3) is 11.8 Å². The van der Waals surface area contributed by atoms with Crippen LogP contribution in [-0.2, 0) is 4.79 Å². The lowest BCUT2D eigenvalue weighted by atomic mass is 10.1. The van der Waals surface area contributed by atoms with E-state index in [4.69, 9.17) is 0 Å². The van der Waals surface area contributed by atoms with Gasteiger partial charge in [-0.2, -0.15) is 0 Å². The van der Waals surface area contributed by atoms with Crippen molar-refractivity contribution in [1.82, 2.24) is 4.90 Å². The molecule has 144 valence electrons. The van der Waals surface area contributed by atoms with Crippen molar-refractivity contribution in [3.8, 4) is 0 Å². The fraction of sp³-hybridized carbons (Fsp3) is 0.304. The van der Waals surface area contributed by atoms with Crippen molar-refractivity contribution in [2.45, 2.75) is 37.5 Å². The first-order valence-corrected chi connectivity index (χ1v) is 10.6. The van der Waals surface area contributed by atoms with Crippen LogP contribution in [0.4, 0.5) is 5.69 Å². The standard InChI is InChI=1S/C23H24N2O2S/c1-16-6-8-17(9-7-16)14-21-22(26)24-19-15-18(10-11-20(19)28-21)23(27)25-12-4-2-3-5-13-25/h6-11,14-15H,2-5,12-13H2,1H3,(H,24,26)/b21-14+. The number of likely N-dealkylation sites (tertiary alicyclic amines) is 1. The number of nitrogens with zero attached hydrogens (tertiary/aromatic N) is 1. The van der Waals surface area contributed by atoms with E-state index in [9.17, 15) is 9.59 Å². The fourth-order valence-electron chi connectivity index (χ4n) is 3.56. The van der Waals surface area contributed by atoms with E-state index in [1.54, 1.807) is 0 Å². The number of nitrogens with one attached hydrogen (secondary N) is 1. The molecule has 4 nitrogen and oxygen atoms in total. The molecular weight excluding hydrogens is 368 g/mol. The van der Waals surface area contributed by atoms with Crippen molar-refractivity contribution in [3.63, 3.8) is 0 Å². The van der Waals surface area contributed by atoms with Crippen molar-refractivity contribution in [1.29, 1.82) is 0 Å².